The summed E-state index contributed by atoms with van der Waals surface area (Å²) in [4.78, 5) is 25.6. The number of nitrogens with one attached hydrogen (secondary N) is 1. The number of carbonyl (C=O) groups excluding carboxylic acids is 2. The number of benzene rings is 2. The van der Waals surface area contributed by atoms with Crippen LogP contribution in [0.15, 0.2) is 48.5 Å². The molecule has 0 atom stereocenters. The average Bonchev–Trinajstić information content (AvgIpc) is 2.64. The van der Waals surface area contributed by atoms with Gasteiger partial charge in [-0.05, 0) is 29.8 Å². The average molecular weight is 388 g/mol. The lowest BCUT2D eigenvalue weighted by Gasteiger charge is -2.17. The maximum Gasteiger partial charge on any atom is 0.244 e. The molecule has 0 aliphatic carbocycles. The van der Waals surface area contributed by atoms with Crippen molar-refractivity contribution in [1.82, 2.24) is 4.90 Å². The third-order valence-electron chi connectivity index (χ3n) is 3.53. The van der Waals surface area contributed by atoms with Crippen LogP contribution in [0.4, 0.5) is 5.69 Å². The van der Waals surface area contributed by atoms with E-state index in [1.165, 1.54) is 16.7 Å². The van der Waals surface area contributed by atoms with Crippen LogP contribution < -0.4 is 5.32 Å². The zero-order valence-corrected chi connectivity index (χ0v) is 15.8. The number of carbonyl (C=O) groups is 2. The predicted octanol–water partition coefficient (Wildman–Crippen LogP) is 3.54. The highest BCUT2D eigenvalue weighted by Gasteiger charge is 2.14. The van der Waals surface area contributed by atoms with E-state index in [4.69, 9.17) is 16.9 Å². The number of hydrogen-bond donors (Lipinski definition) is 1. The van der Waals surface area contributed by atoms with Gasteiger partial charge in [-0.3, -0.25) is 9.59 Å². The molecule has 1 N–H and O–H groups in total. The van der Waals surface area contributed by atoms with Gasteiger partial charge in [-0.25, -0.2) is 0 Å². The molecule has 2 amide bonds. The summed E-state index contributed by atoms with van der Waals surface area (Å²) in [5, 5.41) is 11.9. The maximum absolute atomic E-state index is 12.1. The van der Waals surface area contributed by atoms with Crippen LogP contribution in [0.2, 0.25) is 5.02 Å². The molecule has 2 rings (SSSR count). The van der Waals surface area contributed by atoms with Gasteiger partial charge < -0.3 is 10.2 Å². The molecule has 5 nitrogen and oxygen atoms in total. The molecule has 0 saturated heterocycles. The van der Waals surface area contributed by atoms with Gasteiger partial charge in [0.1, 0.15) is 0 Å². The number of amides is 2. The molecule has 2 aromatic rings. The monoisotopic (exact) mass is 387 g/mol. The number of anilines is 1. The summed E-state index contributed by atoms with van der Waals surface area (Å²) < 4.78 is 0. The van der Waals surface area contributed by atoms with Gasteiger partial charge in [-0.15, -0.1) is 11.8 Å². The highest BCUT2D eigenvalue weighted by molar-refractivity contribution is 7.99. The lowest BCUT2D eigenvalue weighted by atomic mass is 10.2. The Kier molecular flexibility index (Phi) is 7.52. The SMILES string of the molecule is CN(CC(=O)Nc1ccccc1Cl)C(=O)CSCc1ccc(C#N)cc1. The Morgan fingerprint density at radius 3 is 2.54 bits per heavy atom. The van der Waals surface area contributed by atoms with E-state index in [9.17, 15) is 9.59 Å². The minimum absolute atomic E-state index is 0.0402. The predicted molar refractivity (Wildman–Crippen MR) is 105 cm³/mol. The molecular formula is C19H18ClN3O2S. The fourth-order valence-corrected chi connectivity index (χ4v) is 3.21. The number of rotatable bonds is 7. The first-order chi connectivity index (χ1) is 12.5. The first-order valence-electron chi connectivity index (χ1n) is 7.84. The smallest absolute Gasteiger partial charge is 0.244 e. The lowest BCUT2D eigenvalue weighted by molar-refractivity contribution is -0.131. The van der Waals surface area contributed by atoms with Crippen LogP contribution >= 0.6 is 23.4 Å². The molecule has 0 aliphatic heterocycles. The fourth-order valence-electron chi connectivity index (χ4n) is 2.10. The number of halogens is 1. The molecule has 0 heterocycles. The molecule has 0 radical (unpaired) electrons. The fraction of sp³-hybridized carbons (Fsp3) is 0.211. The first kappa shape index (κ1) is 19.8. The van der Waals surface area contributed by atoms with Crippen molar-refractivity contribution in [3.8, 4) is 6.07 Å². The van der Waals surface area contributed by atoms with E-state index in [-0.39, 0.29) is 24.1 Å². The summed E-state index contributed by atoms with van der Waals surface area (Å²) >= 11 is 7.46. The van der Waals surface area contributed by atoms with Gasteiger partial charge in [0.25, 0.3) is 0 Å². The third-order valence-corrected chi connectivity index (χ3v) is 4.85. The zero-order valence-electron chi connectivity index (χ0n) is 14.2. The van der Waals surface area contributed by atoms with Crippen LogP contribution in [-0.4, -0.2) is 36.1 Å². The van der Waals surface area contributed by atoms with Crippen molar-refractivity contribution < 1.29 is 9.59 Å². The van der Waals surface area contributed by atoms with Crippen LogP contribution in [0.5, 0.6) is 0 Å². The Morgan fingerprint density at radius 2 is 1.88 bits per heavy atom. The number of para-hydroxylation sites is 1. The number of nitriles is 1. The van der Waals surface area contributed by atoms with Gasteiger partial charge in [0.2, 0.25) is 11.8 Å². The topological polar surface area (TPSA) is 73.2 Å². The number of nitrogens with zero attached hydrogens (tertiary/aromatic N) is 2. The van der Waals surface area contributed by atoms with Crippen molar-refractivity contribution in [3.63, 3.8) is 0 Å². The van der Waals surface area contributed by atoms with Crippen LogP contribution in [0.25, 0.3) is 0 Å². The third kappa shape index (κ3) is 6.10. The molecule has 134 valence electrons. The van der Waals surface area contributed by atoms with E-state index >= 15 is 0 Å². The summed E-state index contributed by atoms with van der Waals surface area (Å²) in [7, 11) is 1.59. The van der Waals surface area contributed by atoms with Gasteiger partial charge in [0.05, 0.1) is 34.6 Å². The largest absolute Gasteiger partial charge is 0.336 e. The summed E-state index contributed by atoms with van der Waals surface area (Å²) in [6, 6.07) is 16.3. The summed E-state index contributed by atoms with van der Waals surface area (Å²) in [5.41, 5.74) is 2.18. The lowest BCUT2D eigenvalue weighted by Crippen LogP contribution is -2.36. The minimum atomic E-state index is -0.300. The number of thioether (sulfide) groups is 1. The van der Waals surface area contributed by atoms with Crippen molar-refractivity contribution >= 4 is 40.9 Å². The number of likely N-dealkylation sites (N-methyl/N-ethyl adjacent to an activating group) is 1. The summed E-state index contributed by atoms with van der Waals surface area (Å²) in [5.74, 6) is 0.511. The van der Waals surface area contributed by atoms with E-state index in [1.807, 2.05) is 12.1 Å². The minimum Gasteiger partial charge on any atom is -0.336 e. The second kappa shape index (κ2) is 9.85. The number of hydrogen-bond acceptors (Lipinski definition) is 4. The van der Waals surface area contributed by atoms with Crippen LogP contribution in [-0.2, 0) is 15.3 Å². The van der Waals surface area contributed by atoms with E-state index in [0.29, 0.717) is 22.0 Å². The molecule has 0 bridgehead atoms. The van der Waals surface area contributed by atoms with Crippen LogP contribution in [0, 0.1) is 11.3 Å². The maximum atomic E-state index is 12.1. The van der Waals surface area contributed by atoms with Crippen molar-refractivity contribution in [2.75, 3.05) is 24.7 Å². The molecule has 0 spiro atoms. The molecule has 0 aromatic heterocycles. The second-order valence-electron chi connectivity index (χ2n) is 5.58. The van der Waals surface area contributed by atoms with E-state index in [2.05, 4.69) is 11.4 Å². The molecular weight excluding hydrogens is 370 g/mol. The first-order valence-corrected chi connectivity index (χ1v) is 9.38. The van der Waals surface area contributed by atoms with Crippen LogP contribution in [0.3, 0.4) is 0 Å². The standard InChI is InChI=1S/C19H18ClN3O2S/c1-23(11-18(24)22-17-5-3-2-4-16(17)20)19(25)13-26-12-15-8-6-14(10-21)7-9-15/h2-9H,11-13H2,1H3,(H,22,24). The summed E-state index contributed by atoms with van der Waals surface area (Å²) in [6.45, 7) is -0.0402. The van der Waals surface area contributed by atoms with Crippen molar-refractivity contribution in [2.45, 2.75) is 5.75 Å². The van der Waals surface area contributed by atoms with E-state index in [0.717, 1.165) is 5.56 Å². The van der Waals surface area contributed by atoms with Gasteiger partial charge >= 0.3 is 0 Å². The van der Waals surface area contributed by atoms with Crippen molar-refractivity contribution in [2.24, 2.45) is 0 Å². The molecule has 0 saturated carbocycles. The highest BCUT2D eigenvalue weighted by atomic mass is 35.5. The Balaban J connectivity index is 1.75. The molecule has 26 heavy (non-hydrogen) atoms. The van der Waals surface area contributed by atoms with Gasteiger partial charge in [0.15, 0.2) is 0 Å². The van der Waals surface area contributed by atoms with E-state index in [1.54, 1.807) is 43.4 Å². The van der Waals surface area contributed by atoms with Gasteiger partial charge in [-0.2, -0.15) is 5.26 Å². The molecule has 0 fully saturated rings. The zero-order chi connectivity index (χ0) is 18.9. The van der Waals surface area contributed by atoms with Crippen molar-refractivity contribution in [1.29, 1.82) is 5.26 Å². The Bertz CT molecular complexity index is 818. The molecule has 0 aliphatic rings. The molecule has 2 aromatic carbocycles. The highest BCUT2D eigenvalue weighted by Crippen LogP contribution is 2.20. The normalized spacial score (nSPS) is 10.0. The van der Waals surface area contributed by atoms with Crippen molar-refractivity contribution in [3.05, 3.63) is 64.7 Å². The Morgan fingerprint density at radius 1 is 1.19 bits per heavy atom. The molecule has 0 unspecified atom stereocenters. The quantitative estimate of drug-likeness (QED) is 0.788. The van der Waals surface area contributed by atoms with E-state index < -0.39 is 0 Å². The Labute approximate surface area is 161 Å². The van der Waals surface area contributed by atoms with Crippen LogP contribution in [0.1, 0.15) is 11.1 Å². The van der Waals surface area contributed by atoms with Gasteiger partial charge in [-0.1, -0.05) is 35.9 Å². The Hall–Kier alpha value is -2.49. The summed E-state index contributed by atoms with van der Waals surface area (Å²) in [6.07, 6.45) is 0. The molecule has 7 heteroatoms. The second-order valence-corrected chi connectivity index (χ2v) is 6.97. The van der Waals surface area contributed by atoms with Gasteiger partial charge in [0, 0.05) is 12.8 Å².